The molecule has 4 heterocycles. The quantitative estimate of drug-likeness (QED) is 0.155. The van der Waals surface area contributed by atoms with E-state index >= 15 is 0 Å². The zero-order chi connectivity index (χ0) is 42.2. The molecule has 4 aliphatic rings. The summed E-state index contributed by atoms with van der Waals surface area (Å²) in [6.45, 7) is -5.95. The number of amides is 9. The van der Waals surface area contributed by atoms with Crippen molar-refractivity contribution in [1.29, 1.82) is 0 Å². The second-order valence-corrected chi connectivity index (χ2v) is 17.6. The van der Waals surface area contributed by atoms with E-state index in [9.17, 15) is 60.0 Å². The number of hydrogen-bond acceptors (Lipinski definition) is 15. The number of piperazine rings is 4. The second-order valence-electron chi connectivity index (χ2n) is 13.1. The lowest BCUT2D eigenvalue weighted by Crippen LogP contribution is -2.90. The van der Waals surface area contributed by atoms with Crippen LogP contribution in [0, 0.1) is 12.3 Å². The van der Waals surface area contributed by atoms with Gasteiger partial charge in [0.2, 0.25) is 55.5 Å². The van der Waals surface area contributed by atoms with Crippen molar-refractivity contribution in [3.05, 3.63) is 29.3 Å². The Hall–Kier alpha value is -5.32. The van der Waals surface area contributed by atoms with Crippen LogP contribution < -0.4 is 10.1 Å². The van der Waals surface area contributed by atoms with Gasteiger partial charge < -0.3 is 4.74 Å². The average molecular weight is 855 g/mol. The Morgan fingerprint density at radius 2 is 1.35 bits per heavy atom. The molecule has 0 aliphatic carbocycles. The maximum absolute atomic E-state index is 14.7. The van der Waals surface area contributed by atoms with Crippen LogP contribution in [0.5, 0.6) is 5.75 Å². The predicted molar refractivity (Wildman–Crippen MR) is 191 cm³/mol. The number of hydrogen-bond donors (Lipinski definition) is 1. The lowest BCUT2D eigenvalue weighted by atomic mass is 10.0. The van der Waals surface area contributed by atoms with Crippen LogP contribution >= 0.6 is 11.6 Å². The average Bonchev–Trinajstić information content (AvgIpc) is 3.11. The van der Waals surface area contributed by atoms with Crippen molar-refractivity contribution in [2.75, 3.05) is 64.4 Å². The first kappa shape index (κ1) is 42.8. The Bertz CT molecular complexity index is 2160. The van der Waals surface area contributed by atoms with Gasteiger partial charge in [-0.25, -0.2) is 31.5 Å². The molecule has 57 heavy (non-hydrogen) atoms. The van der Waals surface area contributed by atoms with E-state index in [0.29, 0.717) is 21.3 Å². The molecule has 4 aliphatic heterocycles. The Balaban J connectivity index is 1.76. The molecular weight excluding hydrogens is 820 g/mol. The lowest BCUT2D eigenvalue weighted by molar-refractivity contribution is -0.224. The molecule has 0 aromatic heterocycles. The van der Waals surface area contributed by atoms with Crippen molar-refractivity contribution < 1.29 is 64.7 Å². The van der Waals surface area contributed by atoms with Gasteiger partial charge in [-0.15, -0.1) is 6.42 Å². The van der Waals surface area contributed by atoms with Crippen LogP contribution in [0.3, 0.4) is 0 Å². The molecule has 2 atom stereocenters. The number of terminal acetylenes is 1. The molecule has 22 nitrogen and oxygen atoms in total. The maximum atomic E-state index is 14.7. The van der Waals surface area contributed by atoms with Crippen LogP contribution in [0.2, 0.25) is 5.02 Å². The number of carbonyl (C=O) groups excluding carboxylic acids is 9. The molecule has 0 spiro atoms. The molecule has 2 unspecified atom stereocenters. The fourth-order valence-corrected chi connectivity index (χ4v) is 8.91. The van der Waals surface area contributed by atoms with E-state index in [1.54, 1.807) is 12.2 Å². The van der Waals surface area contributed by atoms with Gasteiger partial charge in [-0.3, -0.25) is 58.3 Å². The predicted octanol–water partition coefficient (Wildman–Crippen LogP) is -4.08. The summed E-state index contributed by atoms with van der Waals surface area (Å²) in [5, 5.41) is 2.01. The Kier molecular flexibility index (Phi) is 12.2. The number of carbonyl (C=O) groups is 9. The summed E-state index contributed by atoms with van der Waals surface area (Å²) in [7, 11) is -8.67. The first-order chi connectivity index (χ1) is 26.7. The van der Waals surface area contributed by atoms with Gasteiger partial charge in [0.1, 0.15) is 5.75 Å². The smallest absolute Gasteiger partial charge is 0.297 e. The molecule has 0 bridgehead atoms. The number of ether oxygens (including phenoxy) is 1. The number of nitrogens with zero attached hydrogens (tertiary/aromatic N) is 7. The van der Waals surface area contributed by atoms with Gasteiger partial charge in [0.25, 0.3) is 23.5 Å². The van der Waals surface area contributed by atoms with Crippen molar-refractivity contribution in [1.82, 2.24) is 38.4 Å². The van der Waals surface area contributed by atoms with Gasteiger partial charge in [0, 0.05) is 5.02 Å². The molecule has 1 aromatic rings. The Labute approximate surface area is 330 Å². The highest BCUT2D eigenvalue weighted by atomic mass is 35.5. The Morgan fingerprint density at radius 1 is 0.842 bits per heavy atom. The van der Waals surface area contributed by atoms with Crippen LogP contribution in [0.4, 0.5) is 0 Å². The molecule has 4 fully saturated rings. The highest BCUT2D eigenvalue weighted by Crippen LogP contribution is 2.37. The van der Waals surface area contributed by atoms with Gasteiger partial charge in [0.05, 0.1) is 57.8 Å². The molecule has 1 N–H and O–H groups in total. The SMILES string of the molecule is C#CCN1CC(=O)N(C2C(=O)NC(=O)C(N3C(=O)CN(S(C)(=O)=O)CC3=O)(N3C(=O)CN(S(=O)(=O)CCCC)CC3=O)N2C(=O)COc2ccc(Cl)cc2)C(=O)C1. The molecule has 306 valence electrons. The van der Waals surface area contributed by atoms with Gasteiger partial charge in [-0.1, -0.05) is 30.9 Å². The van der Waals surface area contributed by atoms with Crippen LogP contribution in [-0.2, 0) is 63.2 Å². The van der Waals surface area contributed by atoms with Crippen molar-refractivity contribution in [3.8, 4) is 18.1 Å². The topological polar surface area (TPSA) is 266 Å². The van der Waals surface area contributed by atoms with E-state index in [-0.39, 0.29) is 43.3 Å². The first-order valence-corrected chi connectivity index (χ1v) is 20.7. The Morgan fingerprint density at radius 3 is 1.82 bits per heavy atom. The minimum absolute atomic E-state index is 0.0275. The fraction of sp³-hybridized carbons (Fsp3) is 0.469. The van der Waals surface area contributed by atoms with Gasteiger partial charge in [0.15, 0.2) is 12.8 Å². The summed E-state index contributed by atoms with van der Waals surface area (Å²) in [6.07, 6.45) is 3.84. The number of benzene rings is 1. The normalized spacial score (nSPS) is 23.6. The summed E-state index contributed by atoms with van der Waals surface area (Å²) >= 11 is 5.94. The summed E-state index contributed by atoms with van der Waals surface area (Å²) in [4.78, 5) is 129. The van der Waals surface area contributed by atoms with E-state index < -0.39 is 137 Å². The largest absolute Gasteiger partial charge is 0.484 e. The van der Waals surface area contributed by atoms with Crippen molar-refractivity contribution >= 4 is 84.8 Å². The van der Waals surface area contributed by atoms with Gasteiger partial charge in [-0.2, -0.15) is 8.61 Å². The van der Waals surface area contributed by atoms with E-state index in [2.05, 4.69) is 5.92 Å². The molecule has 5 rings (SSSR count). The molecule has 0 radical (unpaired) electrons. The zero-order valence-corrected chi connectivity index (χ0v) is 32.7. The lowest BCUT2D eigenvalue weighted by Gasteiger charge is -2.58. The van der Waals surface area contributed by atoms with Crippen LogP contribution in [0.15, 0.2) is 24.3 Å². The van der Waals surface area contributed by atoms with Crippen molar-refractivity contribution in [3.63, 3.8) is 0 Å². The highest BCUT2D eigenvalue weighted by molar-refractivity contribution is 7.89. The van der Waals surface area contributed by atoms with Crippen LogP contribution in [-0.4, -0.2) is 179 Å². The van der Waals surface area contributed by atoms with E-state index in [1.165, 1.54) is 29.2 Å². The van der Waals surface area contributed by atoms with E-state index in [4.69, 9.17) is 22.8 Å². The number of sulfonamides is 2. The summed E-state index contributed by atoms with van der Waals surface area (Å²) in [5.41, 5.74) is 0. The number of unbranched alkanes of at least 4 members (excludes halogenated alkanes) is 1. The van der Waals surface area contributed by atoms with Crippen molar-refractivity contribution in [2.24, 2.45) is 0 Å². The minimum atomic E-state index is -4.34. The number of nitrogens with one attached hydrogen (secondary N) is 1. The molecule has 0 saturated carbocycles. The number of halogens is 1. The standard InChI is InChI=1S/C32H35ClN8O14S2/c1-4-6-12-57(53,54)37-17-26(46)40(27(47)18-37)32(39-24(44)15-36(16-25(39)45)56(3,51)52)31(50)34-29(49)30(38-22(42)13-35(11-5-2)14-23(38)43)41(32)28(48)19-55-21-9-7-20(33)8-10-21/h2,7-10,30H,4,6,11-19H2,1,3H3,(H,34,49,50). The van der Waals surface area contributed by atoms with E-state index in [1.807, 2.05) is 0 Å². The van der Waals surface area contributed by atoms with Crippen LogP contribution in [0.25, 0.3) is 0 Å². The summed E-state index contributed by atoms with van der Waals surface area (Å²) < 4.78 is 57.7. The third-order valence-electron chi connectivity index (χ3n) is 9.10. The fourth-order valence-electron chi connectivity index (χ4n) is 6.57. The monoisotopic (exact) mass is 854 g/mol. The maximum Gasteiger partial charge on any atom is 0.297 e. The van der Waals surface area contributed by atoms with Gasteiger partial charge in [-0.05, 0) is 30.7 Å². The van der Waals surface area contributed by atoms with Gasteiger partial charge >= 0.3 is 0 Å². The zero-order valence-electron chi connectivity index (χ0n) is 30.3. The second kappa shape index (κ2) is 16.3. The third-order valence-corrected chi connectivity index (χ3v) is 12.4. The van der Waals surface area contributed by atoms with E-state index in [0.717, 1.165) is 0 Å². The molecule has 25 heteroatoms. The highest BCUT2D eigenvalue weighted by Gasteiger charge is 2.71. The van der Waals surface area contributed by atoms with Crippen molar-refractivity contribution in [2.45, 2.75) is 31.7 Å². The number of imide groups is 4. The summed E-state index contributed by atoms with van der Waals surface area (Å²) in [6, 6.07) is 5.27. The first-order valence-electron chi connectivity index (χ1n) is 16.9. The molecule has 1 aromatic carbocycles. The number of rotatable bonds is 12. The molecular formula is C32H35ClN8O14S2. The van der Waals surface area contributed by atoms with Crippen LogP contribution in [0.1, 0.15) is 19.8 Å². The molecule has 4 saturated heterocycles. The summed E-state index contributed by atoms with van der Waals surface area (Å²) in [5.74, 6) is -16.0. The minimum Gasteiger partial charge on any atom is -0.484 e. The third kappa shape index (κ3) is 8.11. The molecule has 9 amide bonds.